The lowest BCUT2D eigenvalue weighted by atomic mass is 10.2. The molecule has 28 heavy (non-hydrogen) atoms. The van der Waals surface area contributed by atoms with Crippen molar-refractivity contribution in [3.05, 3.63) is 39.6 Å². The van der Waals surface area contributed by atoms with Gasteiger partial charge in [0.2, 0.25) is 0 Å². The summed E-state index contributed by atoms with van der Waals surface area (Å²) in [5.74, 6) is 0.652. The molecule has 3 heterocycles. The molecule has 0 saturated carbocycles. The van der Waals surface area contributed by atoms with Crippen LogP contribution in [0.25, 0.3) is 0 Å². The van der Waals surface area contributed by atoms with Crippen LogP contribution < -0.4 is 16.1 Å². The van der Waals surface area contributed by atoms with Crippen LogP contribution in [0.5, 0.6) is 0 Å². The first-order chi connectivity index (χ1) is 13.6. The first-order valence-electron chi connectivity index (χ1n) is 9.37. The third kappa shape index (κ3) is 4.76. The lowest BCUT2D eigenvalue weighted by Gasteiger charge is -2.35. The Balaban J connectivity index is 1.44. The molecule has 2 aromatic heterocycles. The number of rotatable bonds is 8. The van der Waals surface area contributed by atoms with Crippen LogP contribution in [0.2, 0.25) is 0 Å². The van der Waals surface area contributed by atoms with Gasteiger partial charge in [0.25, 0.3) is 5.56 Å². The molecular weight excluding hydrogens is 385 g/mol. The van der Waals surface area contributed by atoms with E-state index in [-0.39, 0.29) is 23.4 Å². The Kier molecular flexibility index (Phi) is 7.15. The molecule has 3 rings (SSSR count). The van der Waals surface area contributed by atoms with E-state index in [0.717, 1.165) is 45.6 Å². The highest BCUT2D eigenvalue weighted by atomic mass is 32.2. The lowest BCUT2D eigenvalue weighted by molar-refractivity contribution is 0.249. The summed E-state index contributed by atoms with van der Waals surface area (Å²) in [5.41, 5.74) is -0.713. The molecule has 0 unspecified atom stereocenters. The van der Waals surface area contributed by atoms with Crippen LogP contribution in [-0.4, -0.2) is 61.9 Å². The molecule has 0 N–H and O–H groups in total. The Labute approximate surface area is 166 Å². The Morgan fingerprint density at radius 1 is 1.11 bits per heavy atom. The molecule has 1 aliphatic rings. The number of aryl methyl sites for hydroxylation is 1. The summed E-state index contributed by atoms with van der Waals surface area (Å²) >= 11 is 0.174. The van der Waals surface area contributed by atoms with Gasteiger partial charge < -0.3 is 4.90 Å². The van der Waals surface area contributed by atoms with Crippen molar-refractivity contribution in [3.63, 3.8) is 0 Å². The minimum absolute atomic E-state index is 0.174. The zero-order chi connectivity index (χ0) is 19.9. The normalized spacial score (nSPS) is 15.1. The largest absolute Gasteiger partial charge is 0.353 e. The van der Waals surface area contributed by atoms with Crippen LogP contribution in [0.3, 0.4) is 0 Å². The van der Waals surface area contributed by atoms with Gasteiger partial charge in [-0.25, -0.2) is 19.4 Å². The predicted molar refractivity (Wildman–Crippen MR) is 105 cm³/mol. The van der Waals surface area contributed by atoms with E-state index in [1.54, 1.807) is 6.92 Å². The smallest absolute Gasteiger partial charge is 0.347 e. The van der Waals surface area contributed by atoms with Crippen LogP contribution in [0, 0.1) is 0 Å². The van der Waals surface area contributed by atoms with E-state index < -0.39 is 0 Å². The fourth-order valence-electron chi connectivity index (χ4n) is 3.30. The number of anilines is 1. The lowest BCUT2D eigenvalue weighted by Crippen LogP contribution is -2.47. The first kappa shape index (κ1) is 20.5. The number of aromatic nitrogens is 5. The van der Waals surface area contributed by atoms with Gasteiger partial charge in [-0.1, -0.05) is 0 Å². The molecule has 2 aromatic rings. The second-order valence-electron chi connectivity index (χ2n) is 6.56. The van der Waals surface area contributed by atoms with Crippen LogP contribution in [0.1, 0.15) is 19.8 Å². The molecule has 1 saturated heterocycles. The van der Waals surface area contributed by atoms with Crippen molar-refractivity contribution < 1.29 is 3.89 Å². The summed E-state index contributed by atoms with van der Waals surface area (Å²) in [5, 5.41) is 3.94. The molecule has 0 spiro atoms. The number of hydrogen-bond acceptors (Lipinski definition) is 8. The molecule has 1 aliphatic heterocycles. The highest BCUT2D eigenvalue weighted by Crippen LogP contribution is 2.28. The van der Waals surface area contributed by atoms with E-state index in [0.29, 0.717) is 23.8 Å². The summed E-state index contributed by atoms with van der Waals surface area (Å²) in [4.78, 5) is 36.7. The molecular formula is C17H24FN7O2S. The summed E-state index contributed by atoms with van der Waals surface area (Å²) in [6.45, 7) is 6.85. The topological polar surface area (TPSA) is 89.2 Å². The van der Waals surface area contributed by atoms with Gasteiger partial charge >= 0.3 is 5.69 Å². The number of hydrogen-bond donors (Lipinski definition) is 0. The average Bonchev–Trinajstić information content (AvgIpc) is 2.73. The van der Waals surface area contributed by atoms with Gasteiger partial charge in [-0.2, -0.15) is 8.98 Å². The molecule has 0 aromatic carbocycles. The first-order valence-corrected chi connectivity index (χ1v) is 10.1. The predicted octanol–water partition coefficient (Wildman–Crippen LogP) is 0.794. The van der Waals surface area contributed by atoms with E-state index in [1.165, 1.54) is 28.0 Å². The molecule has 0 radical (unpaired) electrons. The van der Waals surface area contributed by atoms with Crippen LogP contribution in [-0.2, 0) is 13.1 Å². The Bertz CT molecular complexity index is 896. The van der Waals surface area contributed by atoms with E-state index in [1.807, 2.05) is 0 Å². The fourth-order valence-corrected chi connectivity index (χ4v) is 3.65. The third-order valence-corrected chi connectivity index (χ3v) is 5.30. The van der Waals surface area contributed by atoms with Crippen LogP contribution in [0.4, 0.5) is 9.70 Å². The fraction of sp³-hybridized carbons (Fsp3) is 0.588. The number of nitrogens with zero attached hydrogens (tertiary/aromatic N) is 7. The molecule has 1 fully saturated rings. The van der Waals surface area contributed by atoms with Crippen molar-refractivity contribution in [2.45, 2.75) is 37.8 Å². The maximum atomic E-state index is 13.0. The molecule has 9 nitrogen and oxygen atoms in total. The van der Waals surface area contributed by atoms with Crippen molar-refractivity contribution in [3.8, 4) is 0 Å². The van der Waals surface area contributed by atoms with E-state index >= 15 is 0 Å². The van der Waals surface area contributed by atoms with Gasteiger partial charge in [0.05, 0.1) is 12.1 Å². The minimum Gasteiger partial charge on any atom is -0.353 e. The van der Waals surface area contributed by atoms with Gasteiger partial charge in [0.1, 0.15) is 23.2 Å². The van der Waals surface area contributed by atoms with Crippen molar-refractivity contribution in [2.75, 3.05) is 37.6 Å². The Morgan fingerprint density at radius 3 is 2.57 bits per heavy atom. The number of halogens is 1. The van der Waals surface area contributed by atoms with E-state index in [9.17, 15) is 13.5 Å². The molecule has 0 amide bonds. The van der Waals surface area contributed by atoms with Crippen LogP contribution >= 0.6 is 12.1 Å². The highest BCUT2D eigenvalue weighted by molar-refractivity contribution is 7.94. The van der Waals surface area contributed by atoms with Gasteiger partial charge in [-0.15, -0.1) is 0 Å². The average molecular weight is 409 g/mol. The van der Waals surface area contributed by atoms with Crippen molar-refractivity contribution >= 4 is 18.0 Å². The summed E-state index contributed by atoms with van der Waals surface area (Å²) < 4.78 is 15.6. The van der Waals surface area contributed by atoms with Crippen LogP contribution in [0.15, 0.2) is 33.2 Å². The van der Waals surface area contributed by atoms with Gasteiger partial charge in [0.15, 0.2) is 0 Å². The molecule has 0 bridgehead atoms. The summed E-state index contributed by atoms with van der Waals surface area (Å²) in [7, 11) is 0. The molecule has 152 valence electrons. The zero-order valence-corrected chi connectivity index (χ0v) is 16.6. The Hall–Kier alpha value is -2.27. The second kappa shape index (κ2) is 9.78. The molecule has 0 aliphatic carbocycles. The third-order valence-electron chi connectivity index (χ3n) is 4.85. The monoisotopic (exact) mass is 409 g/mol. The second-order valence-corrected chi connectivity index (χ2v) is 7.15. The highest BCUT2D eigenvalue weighted by Gasteiger charge is 2.20. The molecule has 11 heteroatoms. The van der Waals surface area contributed by atoms with Gasteiger partial charge in [0, 0.05) is 45.5 Å². The summed E-state index contributed by atoms with van der Waals surface area (Å²) in [6.07, 6.45) is 5.87. The Morgan fingerprint density at radius 2 is 1.86 bits per heavy atom. The van der Waals surface area contributed by atoms with E-state index in [2.05, 4.69) is 24.9 Å². The van der Waals surface area contributed by atoms with Gasteiger partial charge in [-0.3, -0.25) is 14.3 Å². The van der Waals surface area contributed by atoms with Crippen molar-refractivity contribution in [1.29, 1.82) is 0 Å². The van der Waals surface area contributed by atoms with Crippen molar-refractivity contribution in [2.24, 2.45) is 0 Å². The zero-order valence-electron chi connectivity index (χ0n) is 15.8. The summed E-state index contributed by atoms with van der Waals surface area (Å²) in [6, 6.07) is 0. The molecule has 0 atom stereocenters. The number of piperazine rings is 1. The SMILES string of the molecule is CCn1c(=O)cnn(CCCCN2CCN(c3ncncc3SF)CC2)c1=O. The van der Waals surface area contributed by atoms with E-state index in [4.69, 9.17) is 0 Å². The standard InChI is InChI=1S/C17H24FN7O2S/c1-2-24-15(26)12-21-25(17(24)27)6-4-3-5-22-7-9-23(10-8-22)16-14(28-18)11-19-13-20-16/h11-13H,2-10H2,1H3. The maximum absolute atomic E-state index is 13.0. The minimum atomic E-state index is -0.361. The quantitative estimate of drug-likeness (QED) is 0.592. The number of unbranched alkanes of at least 4 members (excludes halogenated alkanes) is 1. The maximum Gasteiger partial charge on any atom is 0.347 e. The van der Waals surface area contributed by atoms with Crippen molar-refractivity contribution in [1.82, 2.24) is 29.2 Å². The van der Waals surface area contributed by atoms with Gasteiger partial charge in [-0.05, 0) is 26.3 Å².